The Morgan fingerprint density at radius 3 is 1.79 bits per heavy atom. The number of carboxylic acids is 1. The number of hydrogen-bond donors (Lipinski definition) is 3. The number of carbonyl (C=O) groups is 1. The molecule has 3 N–H and O–H groups in total. The number of aliphatic carboxylic acids is 1. The maximum absolute atomic E-state index is 11.3. The van der Waals surface area contributed by atoms with E-state index in [1.807, 2.05) is 30.3 Å². The van der Waals surface area contributed by atoms with Crippen LogP contribution in [0.3, 0.4) is 0 Å². The summed E-state index contributed by atoms with van der Waals surface area (Å²) < 4.78 is 0. The molecule has 0 bridgehead atoms. The van der Waals surface area contributed by atoms with E-state index < -0.39 is 11.7 Å². The molecule has 0 aliphatic carbocycles. The lowest BCUT2D eigenvalue weighted by Gasteiger charge is -2.25. The van der Waals surface area contributed by atoms with Gasteiger partial charge in [-0.3, -0.25) is 5.41 Å². The first-order valence-corrected chi connectivity index (χ1v) is 10.7. The van der Waals surface area contributed by atoms with E-state index in [2.05, 4.69) is 70.9 Å². The van der Waals surface area contributed by atoms with Crippen molar-refractivity contribution in [3.8, 4) is 0 Å². The van der Waals surface area contributed by atoms with Crippen LogP contribution in [-0.4, -0.2) is 16.8 Å². The van der Waals surface area contributed by atoms with E-state index in [-0.39, 0.29) is 0 Å². The molecule has 0 fully saturated rings. The second-order valence-corrected chi connectivity index (χ2v) is 7.72. The van der Waals surface area contributed by atoms with Crippen LogP contribution in [0.25, 0.3) is 0 Å². The summed E-state index contributed by atoms with van der Waals surface area (Å²) in [6.07, 6.45) is 0. The predicted octanol–water partition coefficient (Wildman–Crippen LogP) is 6.09. The van der Waals surface area contributed by atoms with Crippen molar-refractivity contribution in [1.82, 2.24) is 0 Å². The smallest absolute Gasteiger partial charge is 0.354 e. The number of rotatable bonds is 9. The van der Waals surface area contributed by atoms with Gasteiger partial charge in [0.05, 0.1) is 0 Å². The largest absolute Gasteiger partial charge is 0.477 e. The molecule has 4 aromatic carbocycles. The van der Waals surface area contributed by atoms with E-state index in [4.69, 9.17) is 5.41 Å². The zero-order valence-corrected chi connectivity index (χ0v) is 18.1. The molecule has 0 amide bonds. The van der Waals surface area contributed by atoms with E-state index in [0.717, 1.165) is 24.5 Å². The van der Waals surface area contributed by atoms with Crippen molar-refractivity contribution < 1.29 is 9.90 Å². The summed E-state index contributed by atoms with van der Waals surface area (Å²) in [6, 6.07) is 35.8. The van der Waals surface area contributed by atoms with Crippen LogP contribution in [-0.2, 0) is 17.9 Å². The number of hydrogen-bond acceptors (Lipinski definition) is 4. The molecule has 0 unspecified atom stereocenters. The Balaban J connectivity index is 1.57. The van der Waals surface area contributed by atoms with Gasteiger partial charge in [-0.2, -0.15) is 0 Å². The molecule has 33 heavy (non-hydrogen) atoms. The first-order valence-electron chi connectivity index (χ1n) is 10.7. The number of para-hydroxylation sites is 1. The zero-order valence-electron chi connectivity index (χ0n) is 18.1. The van der Waals surface area contributed by atoms with Crippen LogP contribution in [0.1, 0.15) is 16.7 Å². The Morgan fingerprint density at radius 1 is 0.727 bits per heavy atom. The van der Waals surface area contributed by atoms with Gasteiger partial charge in [-0.15, -0.1) is 0 Å². The van der Waals surface area contributed by atoms with Crippen LogP contribution < -0.4 is 10.2 Å². The summed E-state index contributed by atoms with van der Waals surface area (Å²) in [7, 11) is 0. The fraction of sp³-hybridized carbons (Fsp3) is 0.0714. The molecule has 0 aliphatic rings. The molecule has 4 aromatic rings. The van der Waals surface area contributed by atoms with Gasteiger partial charge in [0.25, 0.3) is 0 Å². The molecular formula is C28H25N3O2. The zero-order chi connectivity index (χ0) is 23.0. The Labute approximate surface area is 193 Å². The molecule has 0 radical (unpaired) electrons. The van der Waals surface area contributed by atoms with Crippen LogP contribution in [0.15, 0.2) is 109 Å². The molecule has 5 heteroatoms. The predicted molar refractivity (Wildman–Crippen MR) is 133 cm³/mol. The van der Waals surface area contributed by atoms with Gasteiger partial charge in [-0.25, -0.2) is 4.79 Å². The van der Waals surface area contributed by atoms with Crippen LogP contribution in [0.4, 0.5) is 17.1 Å². The average Bonchev–Trinajstić information content (AvgIpc) is 2.85. The third kappa shape index (κ3) is 5.66. The Morgan fingerprint density at radius 2 is 1.24 bits per heavy atom. The summed E-state index contributed by atoms with van der Waals surface area (Å²) in [5.74, 6) is -1.25. The minimum atomic E-state index is -1.25. The molecule has 0 atom stereocenters. The minimum absolute atomic E-state index is 0.351. The molecule has 0 aromatic heterocycles. The first-order chi connectivity index (χ1) is 16.1. The molecule has 5 nitrogen and oxygen atoms in total. The molecule has 4 rings (SSSR count). The lowest BCUT2D eigenvalue weighted by Crippen LogP contribution is -2.22. The highest BCUT2D eigenvalue weighted by Crippen LogP contribution is 2.26. The Bertz CT molecular complexity index is 1180. The van der Waals surface area contributed by atoms with Gasteiger partial charge in [0.1, 0.15) is 5.71 Å². The van der Waals surface area contributed by atoms with E-state index in [0.29, 0.717) is 11.3 Å². The summed E-state index contributed by atoms with van der Waals surface area (Å²) in [4.78, 5) is 13.6. The highest BCUT2D eigenvalue weighted by Gasteiger charge is 2.14. The SMILES string of the molecule is N=C(C(=O)O)c1ccccc1Nc1ccc(N(Cc2ccccc2)Cc2ccccc2)cc1. The van der Waals surface area contributed by atoms with E-state index in [1.165, 1.54) is 11.1 Å². The molecular weight excluding hydrogens is 410 g/mol. The van der Waals surface area contributed by atoms with Gasteiger partial charge in [0, 0.05) is 35.7 Å². The molecule has 0 saturated carbocycles. The summed E-state index contributed by atoms with van der Waals surface area (Å²) >= 11 is 0. The van der Waals surface area contributed by atoms with Crippen molar-refractivity contribution in [3.63, 3.8) is 0 Å². The van der Waals surface area contributed by atoms with Crippen LogP contribution in [0.5, 0.6) is 0 Å². The average molecular weight is 436 g/mol. The van der Waals surface area contributed by atoms with E-state index >= 15 is 0 Å². The first kappa shape index (κ1) is 21.8. The van der Waals surface area contributed by atoms with E-state index in [9.17, 15) is 9.90 Å². The van der Waals surface area contributed by atoms with Crippen molar-refractivity contribution >= 4 is 28.7 Å². The van der Waals surface area contributed by atoms with Crippen LogP contribution in [0, 0.1) is 5.41 Å². The van der Waals surface area contributed by atoms with Gasteiger partial charge in [0.15, 0.2) is 0 Å². The fourth-order valence-electron chi connectivity index (χ4n) is 3.68. The topological polar surface area (TPSA) is 76.4 Å². The van der Waals surface area contributed by atoms with Crippen molar-refractivity contribution in [2.45, 2.75) is 13.1 Å². The highest BCUT2D eigenvalue weighted by atomic mass is 16.4. The number of benzene rings is 4. The highest BCUT2D eigenvalue weighted by molar-refractivity contribution is 6.42. The summed E-state index contributed by atoms with van der Waals surface area (Å²) in [5, 5.41) is 20.3. The van der Waals surface area contributed by atoms with E-state index in [1.54, 1.807) is 18.2 Å². The number of carboxylic acid groups (broad SMARTS) is 1. The van der Waals surface area contributed by atoms with Gasteiger partial charge < -0.3 is 15.3 Å². The quantitative estimate of drug-likeness (QED) is 0.278. The van der Waals surface area contributed by atoms with Crippen molar-refractivity contribution in [1.29, 1.82) is 5.41 Å². The summed E-state index contributed by atoms with van der Waals surface area (Å²) in [5.41, 5.74) is 4.87. The molecule has 0 aliphatic heterocycles. The van der Waals surface area contributed by atoms with Gasteiger partial charge in [0.2, 0.25) is 0 Å². The number of anilines is 3. The molecule has 0 heterocycles. The monoisotopic (exact) mass is 435 g/mol. The number of nitrogens with one attached hydrogen (secondary N) is 2. The normalized spacial score (nSPS) is 10.4. The van der Waals surface area contributed by atoms with Crippen LogP contribution in [0.2, 0.25) is 0 Å². The van der Waals surface area contributed by atoms with Crippen molar-refractivity contribution in [3.05, 3.63) is 126 Å². The van der Waals surface area contributed by atoms with Crippen LogP contribution >= 0.6 is 0 Å². The number of nitrogens with zero attached hydrogens (tertiary/aromatic N) is 1. The molecule has 0 saturated heterocycles. The minimum Gasteiger partial charge on any atom is -0.477 e. The van der Waals surface area contributed by atoms with Gasteiger partial charge >= 0.3 is 5.97 Å². The second-order valence-electron chi connectivity index (χ2n) is 7.72. The second kappa shape index (κ2) is 10.3. The Kier molecular flexibility index (Phi) is 6.81. The van der Waals surface area contributed by atoms with Gasteiger partial charge in [-0.05, 0) is 41.5 Å². The maximum atomic E-state index is 11.3. The van der Waals surface area contributed by atoms with Gasteiger partial charge in [-0.1, -0.05) is 78.9 Å². The fourth-order valence-corrected chi connectivity index (χ4v) is 3.68. The Hall–Kier alpha value is -4.38. The van der Waals surface area contributed by atoms with Crippen molar-refractivity contribution in [2.75, 3.05) is 10.2 Å². The van der Waals surface area contributed by atoms with Crippen molar-refractivity contribution in [2.24, 2.45) is 0 Å². The lowest BCUT2D eigenvalue weighted by atomic mass is 10.1. The molecule has 164 valence electrons. The third-order valence-electron chi connectivity index (χ3n) is 5.35. The summed E-state index contributed by atoms with van der Waals surface area (Å²) in [6.45, 7) is 1.56. The standard InChI is InChI=1S/C28H25N3O2/c29-27(28(32)33)25-13-7-8-14-26(25)30-23-15-17-24(18-16-23)31(19-21-9-3-1-4-10-21)20-22-11-5-2-6-12-22/h1-18,29-30H,19-20H2,(H,32,33). The molecule has 0 spiro atoms. The maximum Gasteiger partial charge on any atom is 0.354 e. The third-order valence-corrected chi connectivity index (χ3v) is 5.35. The lowest BCUT2D eigenvalue weighted by molar-refractivity contribution is -0.129.